The van der Waals surface area contributed by atoms with Crippen molar-refractivity contribution in [2.45, 2.75) is 37.0 Å². The predicted octanol–water partition coefficient (Wildman–Crippen LogP) is 1.16. The Morgan fingerprint density at radius 3 is 1.93 bits per heavy atom. The lowest BCUT2D eigenvalue weighted by atomic mass is 10.0. The van der Waals surface area contributed by atoms with Gasteiger partial charge in [-0.2, -0.15) is 15.0 Å². The first kappa shape index (κ1) is 29.3. The summed E-state index contributed by atoms with van der Waals surface area (Å²) < 4.78 is 0. The quantitative estimate of drug-likeness (QED) is 0.146. The van der Waals surface area contributed by atoms with Crippen LogP contribution in [0.15, 0.2) is 54.6 Å². The highest BCUT2D eigenvalue weighted by Gasteiger charge is 2.29. The molecule has 0 bridgehead atoms. The van der Waals surface area contributed by atoms with E-state index < -0.39 is 5.91 Å². The van der Waals surface area contributed by atoms with Crippen molar-refractivity contribution < 1.29 is 15.0 Å². The van der Waals surface area contributed by atoms with Gasteiger partial charge in [0.2, 0.25) is 17.8 Å². The van der Waals surface area contributed by atoms with Crippen molar-refractivity contribution in [2.75, 3.05) is 46.6 Å². The van der Waals surface area contributed by atoms with Gasteiger partial charge in [-0.15, -0.1) is 0 Å². The second-order valence-electron chi connectivity index (χ2n) is 11.6. The van der Waals surface area contributed by atoms with E-state index in [9.17, 15) is 15.0 Å². The molecule has 2 saturated heterocycles. The number of piperidine rings is 2. The van der Waals surface area contributed by atoms with Gasteiger partial charge in [0.15, 0.2) is 0 Å². The van der Waals surface area contributed by atoms with E-state index in [0.717, 1.165) is 5.39 Å². The van der Waals surface area contributed by atoms with Gasteiger partial charge in [0.25, 0.3) is 5.91 Å². The van der Waals surface area contributed by atoms with E-state index in [1.54, 1.807) is 30.3 Å². The van der Waals surface area contributed by atoms with Gasteiger partial charge >= 0.3 is 0 Å². The molecule has 4 unspecified atom stereocenters. The molecule has 1 amide bonds. The molecule has 44 heavy (non-hydrogen) atoms. The zero-order valence-corrected chi connectivity index (χ0v) is 24.1. The minimum atomic E-state index is -0.557. The molecule has 14 nitrogen and oxygen atoms in total. The Hall–Kier alpha value is -4.76. The fraction of sp³-hybridized carbons (Fsp3) is 0.333. The number of nitrogens with zero attached hydrogens (tertiary/aromatic N) is 5. The van der Waals surface area contributed by atoms with Crippen LogP contribution in [0.2, 0.25) is 0 Å². The lowest BCUT2D eigenvalue weighted by Gasteiger charge is -2.37. The van der Waals surface area contributed by atoms with Crippen LogP contribution in [0.1, 0.15) is 23.2 Å². The normalized spacial score (nSPS) is 22.2. The van der Waals surface area contributed by atoms with Crippen molar-refractivity contribution in [1.82, 2.24) is 15.0 Å². The van der Waals surface area contributed by atoms with Crippen LogP contribution in [0.5, 0.6) is 11.5 Å². The molecule has 2 aliphatic heterocycles. The Morgan fingerprint density at radius 1 is 0.750 bits per heavy atom. The van der Waals surface area contributed by atoms with Gasteiger partial charge in [-0.3, -0.25) is 4.79 Å². The largest absolute Gasteiger partial charge is 0.507 e. The van der Waals surface area contributed by atoms with Gasteiger partial charge in [0.1, 0.15) is 11.5 Å². The van der Waals surface area contributed by atoms with Crippen LogP contribution < -0.4 is 43.4 Å². The van der Waals surface area contributed by atoms with Crippen molar-refractivity contribution in [1.29, 1.82) is 0 Å². The zero-order chi connectivity index (χ0) is 31.0. The highest BCUT2D eigenvalue weighted by molar-refractivity contribution is 6.15. The molecule has 3 heterocycles. The number of hydrogen-bond donors (Lipinski definition) is 8. The van der Waals surface area contributed by atoms with E-state index in [4.69, 9.17) is 27.9 Å². The van der Waals surface area contributed by atoms with Crippen molar-refractivity contribution in [3.05, 3.63) is 60.2 Å². The third-order valence-electron chi connectivity index (χ3n) is 7.84. The topological polar surface area (TPSA) is 231 Å². The third kappa shape index (κ3) is 6.28. The molecule has 3 aromatic carbocycles. The highest BCUT2D eigenvalue weighted by Crippen LogP contribution is 2.32. The number of carbonyl (C=O) groups is 1. The Morgan fingerprint density at radius 2 is 1.34 bits per heavy atom. The summed E-state index contributed by atoms with van der Waals surface area (Å²) in [7, 11) is 0. The van der Waals surface area contributed by atoms with Crippen LogP contribution in [0.3, 0.4) is 0 Å². The van der Waals surface area contributed by atoms with Crippen molar-refractivity contribution in [3.8, 4) is 11.5 Å². The molecule has 0 radical (unpaired) electrons. The number of amides is 1. The number of fused-ring (bicyclic) bond motifs is 1. The summed E-state index contributed by atoms with van der Waals surface area (Å²) in [5, 5.41) is 28.5. The molecule has 6 rings (SSSR count). The molecule has 14 heteroatoms. The van der Waals surface area contributed by atoms with Crippen LogP contribution in [-0.4, -0.2) is 81.4 Å². The lowest BCUT2D eigenvalue weighted by Crippen LogP contribution is -2.54. The molecular formula is C30H37N11O3. The maximum atomic E-state index is 13.2. The van der Waals surface area contributed by atoms with Crippen LogP contribution in [0.4, 0.5) is 29.2 Å². The average molecular weight is 600 g/mol. The smallest absolute Gasteiger partial charge is 0.260 e. The Labute approximate surface area is 254 Å². The fourth-order valence-corrected chi connectivity index (χ4v) is 5.90. The summed E-state index contributed by atoms with van der Waals surface area (Å²) >= 11 is 0. The van der Waals surface area contributed by atoms with E-state index in [1.165, 1.54) is 12.1 Å². The molecule has 4 atom stereocenters. The van der Waals surface area contributed by atoms with Gasteiger partial charge in [-0.25, -0.2) is 0 Å². The number of nitrogens with one attached hydrogen (secondary N) is 2. The van der Waals surface area contributed by atoms with Crippen molar-refractivity contribution in [3.63, 3.8) is 0 Å². The number of aromatic hydroxyl groups is 2. The second kappa shape index (κ2) is 12.1. The number of phenols is 2. The third-order valence-corrected chi connectivity index (χ3v) is 7.84. The van der Waals surface area contributed by atoms with Crippen LogP contribution in [-0.2, 0) is 0 Å². The minimum Gasteiger partial charge on any atom is -0.507 e. The summed E-state index contributed by atoms with van der Waals surface area (Å²) in [5.74, 6) is 0.156. The summed E-state index contributed by atoms with van der Waals surface area (Å²) in [6.07, 6.45) is 1.41. The number of hydrogen-bond acceptors (Lipinski definition) is 13. The number of phenolic OH excluding ortho intramolecular Hbond substituents is 2. The predicted molar refractivity (Wildman–Crippen MR) is 170 cm³/mol. The maximum absolute atomic E-state index is 13.2. The summed E-state index contributed by atoms with van der Waals surface area (Å²) in [6, 6.07) is 14.6. The summed E-state index contributed by atoms with van der Waals surface area (Å²) in [6.45, 7) is 2.15. The van der Waals surface area contributed by atoms with Crippen LogP contribution >= 0.6 is 0 Å². The SMILES string of the molecule is NC1CC(N)CN(c2nc(Nc3ccc(NC(=O)c4c(O)ccc5ccccc45)c(O)c3)nc(N3CC(N)CC(N)C3)n2)C1. The number of aromatic nitrogens is 3. The molecule has 230 valence electrons. The van der Waals surface area contributed by atoms with E-state index in [1.807, 2.05) is 21.9 Å². The lowest BCUT2D eigenvalue weighted by molar-refractivity contribution is 0.102. The second-order valence-corrected chi connectivity index (χ2v) is 11.6. The molecule has 4 aromatic rings. The fourth-order valence-electron chi connectivity index (χ4n) is 5.90. The number of benzene rings is 3. The molecule has 12 N–H and O–H groups in total. The van der Waals surface area contributed by atoms with Gasteiger partial charge in [0, 0.05) is 62.1 Å². The van der Waals surface area contributed by atoms with E-state index in [-0.39, 0.29) is 52.9 Å². The summed E-state index contributed by atoms with van der Waals surface area (Å²) in [4.78, 5) is 31.1. The maximum Gasteiger partial charge on any atom is 0.260 e. The van der Waals surface area contributed by atoms with E-state index in [2.05, 4.69) is 20.6 Å². The van der Waals surface area contributed by atoms with Gasteiger partial charge in [0.05, 0.1) is 11.3 Å². The van der Waals surface area contributed by atoms with Crippen LogP contribution in [0.25, 0.3) is 10.8 Å². The molecule has 2 aliphatic rings. The van der Waals surface area contributed by atoms with Crippen molar-refractivity contribution >= 4 is 45.9 Å². The number of nitrogens with two attached hydrogens (primary N) is 4. The zero-order valence-electron chi connectivity index (χ0n) is 24.1. The average Bonchev–Trinajstić information content (AvgIpc) is 2.97. The van der Waals surface area contributed by atoms with E-state index in [0.29, 0.717) is 62.0 Å². The standard InChI is InChI=1S/C30H37N11O3/c31-17-9-18(32)13-40(12-17)29-37-28(38-30(39-29)41-14-19(33)10-20(34)15-41)35-21-6-7-23(25(43)11-21)36-27(44)26-22-4-2-1-3-16(22)5-8-24(26)42/h1-8,11,17-20,42-43H,9-10,12-15,31-34H2,(H,36,44)(H,35,37,38,39). The Balaban J connectivity index is 1.26. The van der Waals surface area contributed by atoms with Crippen molar-refractivity contribution in [2.24, 2.45) is 22.9 Å². The molecule has 1 aromatic heterocycles. The first-order valence-electron chi connectivity index (χ1n) is 14.5. The van der Waals surface area contributed by atoms with E-state index >= 15 is 0 Å². The first-order chi connectivity index (χ1) is 21.1. The molecule has 0 spiro atoms. The Bertz CT molecular complexity index is 1620. The van der Waals surface area contributed by atoms with Gasteiger partial charge in [-0.1, -0.05) is 30.3 Å². The summed E-state index contributed by atoms with van der Waals surface area (Å²) in [5.41, 5.74) is 25.7. The molecular weight excluding hydrogens is 562 g/mol. The molecule has 2 fully saturated rings. The Kier molecular flexibility index (Phi) is 8.05. The monoisotopic (exact) mass is 599 g/mol. The minimum absolute atomic E-state index is 0.115. The number of rotatable bonds is 6. The number of carbonyl (C=O) groups excluding carboxylic acids is 1. The highest BCUT2D eigenvalue weighted by atomic mass is 16.3. The first-order valence-corrected chi connectivity index (χ1v) is 14.5. The number of anilines is 5. The van der Waals surface area contributed by atoms with Gasteiger partial charge < -0.3 is 53.6 Å². The van der Waals surface area contributed by atoms with Gasteiger partial charge in [-0.05, 0) is 41.8 Å². The van der Waals surface area contributed by atoms with Crippen LogP contribution in [0, 0.1) is 0 Å². The molecule has 0 aliphatic carbocycles. The molecule has 0 saturated carbocycles.